The summed E-state index contributed by atoms with van der Waals surface area (Å²) >= 11 is 6.19. The number of nitrogens with zero attached hydrogens (tertiary/aromatic N) is 2. The van der Waals surface area contributed by atoms with Gasteiger partial charge < -0.3 is 15.0 Å². The van der Waals surface area contributed by atoms with Gasteiger partial charge in [0.1, 0.15) is 11.8 Å². The number of carbonyl (C=O) groups is 2. The smallest absolute Gasteiger partial charge is 0.242 e. The molecule has 0 spiro atoms. The molecule has 0 unspecified atom stereocenters. The van der Waals surface area contributed by atoms with Crippen molar-refractivity contribution in [2.75, 3.05) is 30.8 Å². The molecule has 2 rings (SSSR count). The van der Waals surface area contributed by atoms with Gasteiger partial charge in [-0.1, -0.05) is 29.8 Å². The van der Waals surface area contributed by atoms with Crippen LogP contribution in [0.1, 0.15) is 37.8 Å². The van der Waals surface area contributed by atoms with Crippen LogP contribution < -0.4 is 14.4 Å². The number of anilines is 1. The zero-order valence-corrected chi connectivity index (χ0v) is 22.4. The molecule has 0 radical (unpaired) electrons. The second kappa shape index (κ2) is 12.8. The predicted molar refractivity (Wildman–Crippen MR) is 139 cm³/mol. The normalized spacial score (nSPS) is 12.1. The molecule has 1 N–H and O–H groups in total. The SMILES string of the molecule is CCNC(=O)[C@H](C)N(Cc1ccc(OC)cc1)C(=O)CCCN(c1cccc(Cl)c1C)S(C)(=O)=O. The Labute approximate surface area is 213 Å². The Morgan fingerprint density at radius 2 is 1.80 bits per heavy atom. The van der Waals surface area contributed by atoms with E-state index in [4.69, 9.17) is 16.3 Å². The summed E-state index contributed by atoms with van der Waals surface area (Å²) < 4.78 is 31.4. The van der Waals surface area contributed by atoms with E-state index in [2.05, 4.69) is 5.32 Å². The summed E-state index contributed by atoms with van der Waals surface area (Å²) in [5.41, 5.74) is 1.98. The van der Waals surface area contributed by atoms with Gasteiger partial charge >= 0.3 is 0 Å². The van der Waals surface area contributed by atoms with Gasteiger partial charge in [-0.05, 0) is 62.6 Å². The van der Waals surface area contributed by atoms with E-state index in [0.717, 1.165) is 11.8 Å². The third-order valence-corrected chi connectivity index (χ3v) is 7.28. The Hall–Kier alpha value is -2.78. The van der Waals surface area contributed by atoms with Crippen LogP contribution in [0, 0.1) is 6.92 Å². The number of benzene rings is 2. The standard InChI is InChI=1S/C25H34ClN3O5S/c1-6-27-25(31)19(3)28(17-20-12-14-21(34-4)15-13-20)24(30)11-8-16-29(35(5,32)33)23-10-7-9-22(26)18(23)2/h7,9-10,12-15,19H,6,8,11,16-17H2,1-5H3,(H,27,31)/t19-/m0/s1. The van der Waals surface area contributed by atoms with Gasteiger partial charge in [0.2, 0.25) is 21.8 Å². The van der Waals surface area contributed by atoms with Gasteiger partial charge in [0.25, 0.3) is 0 Å². The summed E-state index contributed by atoms with van der Waals surface area (Å²) in [4.78, 5) is 27.3. The quantitative estimate of drug-likeness (QED) is 0.457. The molecule has 1 atom stereocenters. The van der Waals surface area contributed by atoms with E-state index >= 15 is 0 Å². The monoisotopic (exact) mass is 523 g/mol. The average molecular weight is 524 g/mol. The van der Waals surface area contributed by atoms with Crippen molar-refractivity contribution in [1.82, 2.24) is 10.2 Å². The fourth-order valence-electron chi connectivity index (χ4n) is 3.68. The van der Waals surface area contributed by atoms with Crippen LogP contribution in [-0.4, -0.2) is 57.6 Å². The lowest BCUT2D eigenvalue weighted by atomic mass is 10.1. The van der Waals surface area contributed by atoms with Crippen molar-refractivity contribution < 1.29 is 22.7 Å². The molecule has 0 saturated heterocycles. The molecule has 2 aromatic rings. The number of rotatable bonds is 12. The van der Waals surface area contributed by atoms with E-state index in [-0.39, 0.29) is 37.7 Å². The Bertz CT molecular complexity index is 1120. The van der Waals surface area contributed by atoms with Crippen molar-refractivity contribution in [2.24, 2.45) is 0 Å². The minimum absolute atomic E-state index is 0.0749. The molecule has 192 valence electrons. The number of halogens is 1. The molecule has 2 aromatic carbocycles. The zero-order chi connectivity index (χ0) is 26.2. The van der Waals surface area contributed by atoms with E-state index in [1.807, 2.05) is 19.1 Å². The van der Waals surface area contributed by atoms with Crippen LogP contribution in [0.15, 0.2) is 42.5 Å². The fraction of sp³-hybridized carbons (Fsp3) is 0.440. The first kappa shape index (κ1) is 28.5. The third-order valence-electron chi connectivity index (χ3n) is 5.69. The highest BCUT2D eigenvalue weighted by atomic mass is 35.5. The Balaban J connectivity index is 2.19. The highest BCUT2D eigenvalue weighted by molar-refractivity contribution is 7.92. The molecule has 0 bridgehead atoms. The lowest BCUT2D eigenvalue weighted by Gasteiger charge is -2.29. The van der Waals surface area contributed by atoms with Crippen LogP contribution in [0.2, 0.25) is 5.02 Å². The largest absolute Gasteiger partial charge is 0.497 e. The maximum absolute atomic E-state index is 13.2. The van der Waals surface area contributed by atoms with Crippen LogP contribution >= 0.6 is 11.6 Å². The topological polar surface area (TPSA) is 96.0 Å². The maximum atomic E-state index is 13.2. The second-order valence-corrected chi connectivity index (χ2v) is 10.6. The van der Waals surface area contributed by atoms with Gasteiger partial charge in [-0.2, -0.15) is 0 Å². The molecule has 0 aliphatic carbocycles. The minimum Gasteiger partial charge on any atom is -0.497 e. The van der Waals surface area contributed by atoms with Crippen LogP contribution in [0.5, 0.6) is 5.75 Å². The van der Waals surface area contributed by atoms with E-state index in [1.54, 1.807) is 51.3 Å². The molecule has 8 nitrogen and oxygen atoms in total. The van der Waals surface area contributed by atoms with Crippen LogP contribution in [0.3, 0.4) is 0 Å². The molecule has 10 heteroatoms. The third kappa shape index (κ3) is 7.86. The Morgan fingerprint density at radius 3 is 2.37 bits per heavy atom. The van der Waals surface area contributed by atoms with Gasteiger partial charge in [-0.15, -0.1) is 0 Å². The van der Waals surface area contributed by atoms with Crippen molar-refractivity contribution in [2.45, 2.75) is 46.2 Å². The zero-order valence-electron chi connectivity index (χ0n) is 20.9. The van der Waals surface area contributed by atoms with Crippen molar-refractivity contribution in [3.8, 4) is 5.75 Å². The van der Waals surface area contributed by atoms with Crippen molar-refractivity contribution >= 4 is 39.1 Å². The Morgan fingerprint density at radius 1 is 1.14 bits per heavy atom. The van der Waals surface area contributed by atoms with Crippen LogP contribution in [0.4, 0.5) is 5.69 Å². The van der Waals surface area contributed by atoms with E-state index < -0.39 is 16.1 Å². The summed E-state index contributed by atoms with van der Waals surface area (Å²) in [5.74, 6) is 0.207. The number of nitrogens with one attached hydrogen (secondary N) is 1. The molecular formula is C25H34ClN3O5S. The summed E-state index contributed by atoms with van der Waals surface area (Å²) in [6.45, 7) is 6.06. The van der Waals surface area contributed by atoms with Crippen molar-refractivity contribution in [1.29, 1.82) is 0 Å². The van der Waals surface area contributed by atoms with Crippen molar-refractivity contribution in [3.63, 3.8) is 0 Å². The average Bonchev–Trinajstić information content (AvgIpc) is 2.81. The first-order chi connectivity index (χ1) is 16.5. The van der Waals surface area contributed by atoms with Crippen LogP contribution in [-0.2, 0) is 26.2 Å². The number of methoxy groups -OCH3 is 1. The molecule has 35 heavy (non-hydrogen) atoms. The van der Waals surface area contributed by atoms with E-state index in [1.165, 1.54) is 9.21 Å². The number of amides is 2. The van der Waals surface area contributed by atoms with E-state index in [0.29, 0.717) is 28.6 Å². The van der Waals surface area contributed by atoms with E-state index in [9.17, 15) is 18.0 Å². The van der Waals surface area contributed by atoms with Gasteiger partial charge in [0, 0.05) is 31.1 Å². The molecule has 0 heterocycles. The first-order valence-electron chi connectivity index (χ1n) is 11.4. The number of ether oxygens (including phenoxy) is 1. The molecule has 0 aromatic heterocycles. The van der Waals surface area contributed by atoms with Gasteiger partial charge in [-0.3, -0.25) is 13.9 Å². The Kier molecular flexibility index (Phi) is 10.4. The molecule has 0 aliphatic rings. The minimum atomic E-state index is -3.59. The van der Waals surface area contributed by atoms with Crippen molar-refractivity contribution in [3.05, 3.63) is 58.6 Å². The van der Waals surface area contributed by atoms with Gasteiger partial charge in [0.15, 0.2) is 0 Å². The molecule has 0 fully saturated rings. The molecule has 2 amide bonds. The summed E-state index contributed by atoms with van der Waals surface area (Å²) in [7, 11) is -2.02. The highest BCUT2D eigenvalue weighted by Crippen LogP contribution is 2.28. The molecule has 0 aliphatic heterocycles. The number of hydrogen-bond donors (Lipinski definition) is 1. The number of sulfonamides is 1. The molecule has 0 saturated carbocycles. The number of hydrogen-bond acceptors (Lipinski definition) is 5. The predicted octanol–water partition coefficient (Wildman–Crippen LogP) is 3.76. The number of carbonyl (C=O) groups excluding carboxylic acids is 2. The lowest BCUT2D eigenvalue weighted by molar-refractivity contribution is -0.140. The first-order valence-corrected chi connectivity index (χ1v) is 13.6. The highest BCUT2D eigenvalue weighted by Gasteiger charge is 2.26. The fourth-order valence-corrected chi connectivity index (χ4v) is 4.87. The summed E-state index contributed by atoms with van der Waals surface area (Å²) in [5, 5.41) is 3.23. The summed E-state index contributed by atoms with van der Waals surface area (Å²) in [6.07, 6.45) is 1.48. The maximum Gasteiger partial charge on any atom is 0.242 e. The van der Waals surface area contributed by atoms with Gasteiger partial charge in [0.05, 0.1) is 19.1 Å². The number of likely N-dealkylation sites (N-methyl/N-ethyl adjacent to an activating group) is 1. The van der Waals surface area contributed by atoms with Gasteiger partial charge in [-0.25, -0.2) is 8.42 Å². The lowest BCUT2D eigenvalue weighted by Crippen LogP contribution is -2.47. The summed E-state index contributed by atoms with van der Waals surface area (Å²) in [6, 6.07) is 11.7. The second-order valence-electron chi connectivity index (χ2n) is 8.26. The van der Waals surface area contributed by atoms with Crippen LogP contribution in [0.25, 0.3) is 0 Å². The molecular weight excluding hydrogens is 490 g/mol.